The first kappa shape index (κ1) is 17.3. The minimum absolute atomic E-state index is 0.0424. The number of primary amides is 1. The number of anilines is 1. The maximum Gasteiger partial charge on any atom is 0.228 e. The summed E-state index contributed by atoms with van der Waals surface area (Å²) >= 11 is 0. The molecule has 3 atom stereocenters. The lowest BCUT2D eigenvalue weighted by molar-refractivity contribution is -0.131. The van der Waals surface area contributed by atoms with E-state index in [0.29, 0.717) is 0 Å². The van der Waals surface area contributed by atoms with E-state index in [0.717, 1.165) is 24.1 Å². The lowest BCUT2D eigenvalue weighted by atomic mass is 9.73. The van der Waals surface area contributed by atoms with Gasteiger partial charge in [0.1, 0.15) is 0 Å². The molecule has 1 aromatic carbocycles. The molecule has 2 amide bonds. The molecule has 0 aromatic heterocycles. The second kappa shape index (κ2) is 6.57. The van der Waals surface area contributed by atoms with Crippen LogP contribution in [0.25, 0.3) is 0 Å². The fourth-order valence-corrected chi connectivity index (χ4v) is 3.14. The molecular formula is C19H26N2O2. The van der Waals surface area contributed by atoms with Crippen molar-refractivity contribution in [1.82, 2.24) is 0 Å². The minimum atomic E-state index is -0.541. The Morgan fingerprint density at radius 1 is 1.30 bits per heavy atom. The number of nitrogens with one attached hydrogen (secondary N) is 1. The van der Waals surface area contributed by atoms with Crippen molar-refractivity contribution in [1.29, 1.82) is 0 Å². The highest BCUT2D eigenvalue weighted by atomic mass is 16.2. The number of benzene rings is 1. The first-order valence-corrected chi connectivity index (χ1v) is 8.08. The van der Waals surface area contributed by atoms with Gasteiger partial charge in [-0.25, -0.2) is 0 Å². The van der Waals surface area contributed by atoms with E-state index < -0.39 is 17.7 Å². The Morgan fingerprint density at radius 3 is 2.30 bits per heavy atom. The van der Waals surface area contributed by atoms with Gasteiger partial charge in [0.05, 0.1) is 5.92 Å². The fourth-order valence-electron chi connectivity index (χ4n) is 3.14. The number of carbonyl (C=O) groups excluding carboxylic acids is 2. The molecule has 0 heterocycles. The summed E-state index contributed by atoms with van der Waals surface area (Å²) in [7, 11) is 0. The molecule has 0 bridgehead atoms. The summed E-state index contributed by atoms with van der Waals surface area (Å²) in [4.78, 5) is 24.6. The summed E-state index contributed by atoms with van der Waals surface area (Å²) in [5, 5.41) is 2.93. The smallest absolute Gasteiger partial charge is 0.228 e. The molecule has 23 heavy (non-hydrogen) atoms. The Hall–Kier alpha value is -2.10. The number of allylic oxidation sites excluding steroid dienone is 1. The quantitative estimate of drug-likeness (QED) is 0.758. The number of aryl methyl sites for hydroxylation is 1. The second-order valence-electron chi connectivity index (χ2n) is 6.99. The van der Waals surface area contributed by atoms with Gasteiger partial charge >= 0.3 is 0 Å². The van der Waals surface area contributed by atoms with Crippen molar-refractivity contribution >= 4 is 17.5 Å². The molecule has 1 saturated carbocycles. The third-order valence-electron chi connectivity index (χ3n) is 5.09. The first-order chi connectivity index (χ1) is 10.8. The molecule has 0 spiro atoms. The molecule has 124 valence electrons. The highest BCUT2D eigenvalue weighted by Gasteiger charge is 2.50. The summed E-state index contributed by atoms with van der Waals surface area (Å²) in [6.45, 7) is 9.75. The topological polar surface area (TPSA) is 72.2 Å². The molecule has 1 aromatic rings. The van der Waals surface area contributed by atoms with E-state index in [1.807, 2.05) is 37.3 Å². The maximum atomic E-state index is 12.9. The monoisotopic (exact) mass is 314 g/mol. The van der Waals surface area contributed by atoms with E-state index in [1.54, 1.807) is 6.92 Å². The summed E-state index contributed by atoms with van der Waals surface area (Å²) in [5.74, 6) is -1.72. The van der Waals surface area contributed by atoms with Crippen LogP contribution in [0.15, 0.2) is 36.9 Å². The van der Waals surface area contributed by atoms with Crippen LogP contribution in [-0.4, -0.2) is 11.8 Å². The normalized spacial score (nSPS) is 19.3. The van der Waals surface area contributed by atoms with Gasteiger partial charge in [-0.3, -0.25) is 9.59 Å². The number of amides is 2. The van der Waals surface area contributed by atoms with Gasteiger partial charge in [0.15, 0.2) is 0 Å². The van der Waals surface area contributed by atoms with E-state index in [-0.39, 0.29) is 17.2 Å². The molecule has 0 radical (unpaired) electrons. The highest BCUT2D eigenvalue weighted by Crippen LogP contribution is 2.55. The van der Waals surface area contributed by atoms with Gasteiger partial charge in [0.2, 0.25) is 11.8 Å². The van der Waals surface area contributed by atoms with Crippen LogP contribution in [0.2, 0.25) is 0 Å². The van der Waals surface area contributed by atoms with Gasteiger partial charge in [0.25, 0.3) is 0 Å². The van der Waals surface area contributed by atoms with E-state index in [9.17, 15) is 9.59 Å². The standard InChI is InChI=1S/C19H26N2O2/c1-5-15(19(4)10-11-19)16(13(3)17(20)22)18(23)21-14-8-6-12(2)7-9-14/h5-9,13,15-16H,1,10-11H2,2-4H3,(H2,20,22)(H,21,23). The molecule has 1 aliphatic rings. The van der Waals surface area contributed by atoms with Crippen molar-refractivity contribution in [3.63, 3.8) is 0 Å². The number of carbonyl (C=O) groups is 2. The van der Waals surface area contributed by atoms with Gasteiger partial charge in [-0.1, -0.05) is 37.6 Å². The van der Waals surface area contributed by atoms with Crippen molar-refractivity contribution in [3.05, 3.63) is 42.5 Å². The lowest BCUT2D eigenvalue weighted by Crippen LogP contribution is -2.41. The van der Waals surface area contributed by atoms with E-state index >= 15 is 0 Å². The van der Waals surface area contributed by atoms with E-state index in [4.69, 9.17) is 5.73 Å². The Morgan fingerprint density at radius 2 is 1.87 bits per heavy atom. The lowest BCUT2D eigenvalue weighted by Gasteiger charge is -2.31. The number of hydrogen-bond donors (Lipinski definition) is 2. The summed E-state index contributed by atoms with van der Waals surface area (Å²) < 4.78 is 0. The second-order valence-corrected chi connectivity index (χ2v) is 6.99. The van der Waals surface area contributed by atoms with Crippen LogP contribution in [0.1, 0.15) is 32.3 Å². The molecule has 0 saturated heterocycles. The zero-order chi connectivity index (χ0) is 17.2. The van der Waals surface area contributed by atoms with Gasteiger partial charge < -0.3 is 11.1 Å². The van der Waals surface area contributed by atoms with Crippen LogP contribution < -0.4 is 11.1 Å². The Bertz CT molecular complexity index is 602. The zero-order valence-corrected chi connectivity index (χ0v) is 14.1. The van der Waals surface area contributed by atoms with Crippen LogP contribution in [0.3, 0.4) is 0 Å². The summed E-state index contributed by atoms with van der Waals surface area (Å²) in [6.07, 6.45) is 3.90. The largest absolute Gasteiger partial charge is 0.369 e. The zero-order valence-electron chi connectivity index (χ0n) is 14.1. The third kappa shape index (κ3) is 3.81. The van der Waals surface area contributed by atoms with Crippen molar-refractivity contribution in [3.8, 4) is 0 Å². The number of rotatable bonds is 7. The predicted molar refractivity (Wildman–Crippen MR) is 92.7 cm³/mol. The molecular weight excluding hydrogens is 288 g/mol. The molecule has 1 aliphatic carbocycles. The van der Waals surface area contributed by atoms with Gasteiger partial charge in [-0.15, -0.1) is 6.58 Å². The van der Waals surface area contributed by atoms with Gasteiger partial charge in [-0.2, -0.15) is 0 Å². The SMILES string of the molecule is C=CC(C(C(=O)Nc1ccc(C)cc1)C(C)C(N)=O)C1(C)CC1. The summed E-state index contributed by atoms with van der Waals surface area (Å²) in [6, 6.07) is 7.60. The van der Waals surface area contributed by atoms with Crippen LogP contribution in [0.5, 0.6) is 0 Å². The molecule has 3 N–H and O–H groups in total. The van der Waals surface area contributed by atoms with Crippen molar-refractivity contribution in [2.75, 3.05) is 5.32 Å². The molecule has 4 heteroatoms. The first-order valence-electron chi connectivity index (χ1n) is 8.08. The Labute approximate surface area is 138 Å². The third-order valence-corrected chi connectivity index (χ3v) is 5.09. The van der Waals surface area contributed by atoms with Gasteiger partial charge in [-0.05, 0) is 43.2 Å². The van der Waals surface area contributed by atoms with E-state index in [1.165, 1.54) is 0 Å². The average molecular weight is 314 g/mol. The van der Waals surface area contributed by atoms with Crippen LogP contribution in [0, 0.1) is 30.1 Å². The average Bonchev–Trinajstić information content (AvgIpc) is 3.24. The van der Waals surface area contributed by atoms with Crippen molar-refractivity contribution in [2.24, 2.45) is 28.9 Å². The van der Waals surface area contributed by atoms with Crippen molar-refractivity contribution < 1.29 is 9.59 Å². The van der Waals surface area contributed by atoms with Crippen molar-refractivity contribution in [2.45, 2.75) is 33.6 Å². The van der Waals surface area contributed by atoms with Gasteiger partial charge in [0, 0.05) is 11.6 Å². The molecule has 1 fully saturated rings. The molecule has 3 unspecified atom stereocenters. The minimum Gasteiger partial charge on any atom is -0.369 e. The predicted octanol–water partition coefficient (Wildman–Crippen LogP) is 3.27. The number of hydrogen-bond acceptors (Lipinski definition) is 2. The Kier molecular flexibility index (Phi) is 4.93. The summed E-state index contributed by atoms with van der Waals surface area (Å²) in [5.41, 5.74) is 7.39. The Balaban J connectivity index is 2.25. The van der Waals surface area contributed by atoms with Crippen LogP contribution in [0.4, 0.5) is 5.69 Å². The van der Waals surface area contributed by atoms with Crippen LogP contribution >= 0.6 is 0 Å². The van der Waals surface area contributed by atoms with Crippen LogP contribution in [-0.2, 0) is 9.59 Å². The maximum absolute atomic E-state index is 12.9. The molecule has 2 rings (SSSR count). The highest BCUT2D eigenvalue weighted by molar-refractivity contribution is 5.96. The fraction of sp³-hybridized carbons (Fsp3) is 0.474. The molecule has 0 aliphatic heterocycles. The molecule has 4 nitrogen and oxygen atoms in total. The number of nitrogens with two attached hydrogens (primary N) is 1. The van der Waals surface area contributed by atoms with E-state index in [2.05, 4.69) is 18.8 Å².